The van der Waals surface area contributed by atoms with Gasteiger partial charge in [0.25, 0.3) is 0 Å². The highest BCUT2D eigenvalue weighted by atomic mass is 16.6. The van der Waals surface area contributed by atoms with Crippen LogP contribution in [0.4, 0.5) is 0 Å². The summed E-state index contributed by atoms with van der Waals surface area (Å²) in [6, 6.07) is -1.12. The monoisotopic (exact) mass is 217 g/mol. The Morgan fingerprint density at radius 2 is 1.73 bits per heavy atom. The van der Waals surface area contributed by atoms with Crippen LogP contribution >= 0.6 is 0 Å². The lowest BCUT2D eigenvalue weighted by Gasteiger charge is -2.19. The van der Waals surface area contributed by atoms with E-state index in [9.17, 15) is 14.4 Å². The fourth-order valence-electron chi connectivity index (χ4n) is 0.642. The van der Waals surface area contributed by atoms with Gasteiger partial charge in [0.05, 0.1) is 0 Å². The average Bonchev–Trinajstić information content (AvgIpc) is 2.00. The highest BCUT2D eigenvalue weighted by molar-refractivity contribution is 6.32. The Balaban J connectivity index is 4.24. The van der Waals surface area contributed by atoms with Crippen LogP contribution in [0.5, 0.6) is 0 Å². The average molecular weight is 217 g/mol. The van der Waals surface area contributed by atoms with E-state index in [1.54, 1.807) is 20.8 Å². The third-order valence-electron chi connectivity index (χ3n) is 1.30. The van der Waals surface area contributed by atoms with Crippen molar-refractivity contribution in [1.82, 2.24) is 5.32 Å². The van der Waals surface area contributed by atoms with Gasteiger partial charge in [0.15, 0.2) is 0 Å². The molecule has 0 radical (unpaired) electrons. The van der Waals surface area contributed by atoms with E-state index in [4.69, 9.17) is 9.84 Å². The SMILES string of the molecule is C[C@H](NC(=O)C(=O)OC(C)(C)C)C(=O)O. The van der Waals surface area contributed by atoms with Gasteiger partial charge in [0.1, 0.15) is 11.6 Å². The van der Waals surface area contributed by atoms with Crippen LogP contribution in [0.25, 0.3) is 0 Å². The Morgan fingerprint density at radius 1 is 1.27 bits per heavy atom. The minimum absolute atomic E-state index is 0.777. The number of carboxylic acids is 1. The zero-order valence-corrected chi connectivity index (χ0v) is 9.16. The maximum absolute atomic E-state index is 11.1. The van der Waals surface area contributed by atoms with Crippen LogP contribution in [-0.2, 0) is 19.1 Å². The van der Waals surface area contributed by atoms with Gasteiger partial charge in [0.2, 0.25) is 0 Å². The number of ether oxygens (including phenoxy) is 1. The number of hydrogen-bond acceptors (Lipinski definition) is 4. The molecule has 0 rings (SSSR count). The van der Waals surface area contributed by atoms with E-state index in [0.717, 1.165) is 0 Å². The molecule has 0 aliphatic carbocycles. The molecule has 0 aromatic heterocycles. The van der Waals surface area contributed by atoms with E-state index in [1.807, 2.05) is 5.32 Å². The standard InChI is InChI=1S/C9H15NO5/c1-5(7(12)13)10-6(11)8(14)15-9(2,3)4/h5H,1-4H3,(H,10,11)(H,12,13)/t5-/m0/s1. The smallest absolute Gasteiger partial charge is 0.397 e. The summed E-state index contributed by atoms with van der Waals surface area (Å²) in [6.45, 7) is 6.08. The Labute approximate surface area is 87.6 Å². The lowest BCUT2D eigenvalue weighted by atomic mass is 10.2. The number of carbonyl (C=O) groups excluding carboxylic acids is 2. The first-order valence-electron chi connectivity index (χ1n) is 4.40. The largest absolute Gasteiger partial charge is 0.480 e. The summed E-state index contributed by atoms with van der Waals surface area (Å²) in [5, 5.41) is 10.5. The molecule has 1 amide bonds. The van der Waals surface area contributed by atoms with Gasteiger partial charge in [-0.2, -0.15) is 0 Å². The third-order valence-corrected chi connectivity index (χ3v) is 1.30. The highest BCUT2D eigenvalue weighted by Gasteiger charge is 2.25. The first kappa shape index (κ1) is 13.4. The van der Waals surface area contributed by atoms with Crippen LogP contribution in [0.15, 0.2) is 0 Å². The maximum atomic E-state index is 11.1. The number of aliphatic carboxylic acids is 1. The summed E-state index contributed by atoms with van der Waals surface area (Å²) in [6.07, 6.45) is 0. The first-order chi connectivity index (χ1) is 6.63. The third kappa shape index (κ3) is 5.66. The van der Waals surface area contributed by atoms with Crippen molar-refractivity contribution in [1.29, 1.82) is 0 Å². The van der Waals surface area contributed by atoms with Crippen molar-refractivity contribution in [3.8, 4) is 0 Å². The summed E-state index contributed by atoms with van der Waals surface area (Å²) in [4.78, 5) is 32.6. The molecule has 0 fully saturated rings. The van der Waals surface area contributed by atoms with Gasteiger partial charge in [-0.15, -0.1) is 0 Å². The zero-order valence-electron chi connectivity index (χ0n) is 9.16. The summed E-state index contributed by atoms with van der Waals surface area (Å²) >= 11 is 0. The number of hydrogen-bond donors (Lipinski definition) is 2. The van der Waals surface area contributed by atoms with Gasteiger partial charge in [0, 0.05) is 0 Å². The van der Waals surface area contributed by atoms with Gasteiger partial charge >= 0.3 is 17.8 Å². The molecule has 0 unspecified atom stereocenters. The van der Waals surface area contributed by atoms with Crippen molar-refractivity contribution in [2.45, 2.75) is 39.3 Å². The summed E-state index contributed by atoms with van der Waals surface area (Å²) in [7, 11) is 0. The fraction of sp³-hybridized carbons (Fsp3) is 0.667. The lowest BCUT2D eigenvalue weighted by Crippen LogP contribution is -2.44. The normalized spacial score (nSPS) is 12.8. The molecule has 6 heteroatoms. The molecule has 0 aliphatic rings. The second-order valence-electron chi connectivity index (χ2n) is 4.04. The highest BCUT2D eigenvalue weighted by Crippen LogP contribution is 2.06. The predicted molar refractivity (Wildman–Crippen MR) is 51.1 cm³/mol. The van der Waals surface area contributed by atoms with Crippen LogP contribution in [0.2, 0.25) is 0 Å². The fourth-order valence-corrected chi connectivity index (χ4v) is 0.642. The van der Waals surface area contributed by atoms with Crippen LogP contribution in [0.3, 0.4) is 0 Å². The topological polar surface area (TPSA) is 92.7 Å². The zero-order chi connectivity index (χ0) is 12.2. The van der Waals surface area contributed by atoms with Gasteiger partial charge in [-0.05, 0) is 27.7 Å². The molecule has 86 valence electrons. The molecule has 0 aromatic rings. The summed E-state index contributed by atoms with van der Waals surface area (Å²) in [5.41, 5.74) is -0.777. The number of carboxylic acid groups (broad SMARTS) is 1. The van der Waals surface area contributed by atoms with Crippen molar-refractivity contribution >= 4 is 17.8 Å². The lowest BCUT2D eigenvalue weighted by molar-refractivity contribution is -0.164. The van der Waals surface area contributed by atoms with E-state index < -0.39 is 29.5 Å². The van der Waals surface area contributed by atoms with Crippen molar-refractivity contribution in [3.05, 3.63) is 0 Å². The van der Waals surface area contributed by atoms with Gasteiger partial charge in [-0.3, -0.25) is 9.59 Å². The minimum atomic E-state index is -1.22. The van der Waals surface area contributed by atoms with E-state index in [2.05, 4.69) is 0 Å². The quantitative estimate of drug-likeness (QED) is 0.498. The van der Waals surface area contributed by atoms with E-state index in [1.165, 1.54) is 6.92 Å². The van der Waals surface area contributed by atoms with E-state index in [-0.39, 0.29) is 0 Å². The first-order valence-corrected chi connectivity index (χ1v) is 4.40. The summed E-state index contributed by atoms with van der Waals surface area (Å²) in [5.74, 6) is -3.36. The molecule has 15 heavy (non-hydrogen) atoms. The molecule has 2 N–H and O–H groups in total. The van der Waals surface area contributed by atoms with Gasteiger partial charge < -0.3 is 15.2 Å². The van der Waals surface area contributed by atoms with Crippen molar-refractivity contribution in [2.24, 2.45) is 0 Å². The Morgan fingerprint density at radius 3 is 2.07 bits per heavy atom. The predicted octanol–water partition coefficient (Wildman–Crippen LogP) is -0.0826. The number of amides is 1. The molecular weight excluding hydrogens is 202 g/mol. The summed E-state index contributed by atoms with van der Waals surface area (Å²) < 4.78 is 4.74. The molecule has 1 atom stereocenters. The molecule has 0 aliphatic heterocycles. The number of rotatable bonds is 2. The maximum Gasteiger partial charge on any atom is 0.397 e. The molecule has 0 bridgehead atoms. The molecular formula is C9H15NO5. The number of esters is 1. The number of carbonyl (C=O) groups is 3. The van der Waals surface area contributed by atoms with Crippen LogP contribution in [-0.4, -0.2) is 34.6 Å². The Hall–Kier alpha value is -1.59. The van der Waals surface area contributed by atoms with Crippen molar-refractivity contribution < 1.29 is 24.2 Å². The van der Waals surface area contributed by atoms with Crippen LogP contribution in [0.1, 0.15) is 27.7 Å². The molecule has 0 heterocycles. The van der Waals surface area contributed by atoms with Gasteiger partial charge in [-0.1, -0.05) is 0 Å². The second-order valence-corrected chi connectivity index (χ2v) is 4.04. The molecule has 0 aromatic carbocycles. The number of nitrogens with one attached hydrogen (secondary N) is 1. The van der Waals surface area contributed by atoms with Crippen molar-refractivity contribution in [2.75, 3.05) is 0 Å². The van der Waals surface area contributed by atoms with Crippen LogP contribution < -0.4 is 5.32 Å². The molecule has 0 saturated carbocycles. The molecule has 6 nitrogen and oxygen atoms in total. The van der Waals surface area contributed by atoms with E-state index >= 15 is 0 Å². The van der Waals surface area contributed by atoms with Crippen molar-refractivity contribution in [3.63, 3.8) is 0 Å². The van der Waals surface area contributed by atoms with Gasteiger partial charge in [-0.25, -0.2) is 4.79 Å². The minimum Gasteiger partial charge on any atom is -0.480 e. The van der Waals surface area contributed by atoms with E-state index in [0.29, 0.717) is 0 Å². The second kappa shape index (κ2) is 4.77. The molecule has 0 saturated heterocycles. The van der Waals surface area contributed by atoms with Crippen LogP contribution in [0, 0.1) is 0 Å². The Kier molecular flexibility index (Phi) is 4.26. The Bertz CT molecular complexity index is 279. The molecule has 0 spiro atoms.